The van der Waals surface area contributed by atoms with Gasteiger partial charge in [0, 0.05) is 5.69 Å². The smallest absolute Gasteiger partial charge is 0.151 e. The van der Waals surface area contributed by atoms with Crippen LogP contribution in [0.5, 0.6) is 0 Å². The fraction of sp³-hybridized carbons (Fsp3) is 0.625. The number of hydrogen-bond acceptors (Lipinski definition) is 4. The minimum absolute atomic E-state index is 0.0477. The molecule has 3 rings (SSSR count). The van der Waals surface area contributed by atoms with Gasteiger partial charge in [0.1, 0.15) is 17.4 Å². The van der Waals surface area contributed by atoms with E-state index in [0.29, 0.717) is 17.8 Å². The molecule has 3 heterocycles. The number of anilines is 1. The lowest BCUT2D eigenvalue weighted by Gasteiger charge is -2.33. The molecule has 0 aliphatic carbocycles. The summed E-state index contributed by atoms with van der Waals surface area (Å²) in [5, 5.41) is 0. The Morgan fingerprint density at radius 1 is 1.33 bits per heavy atom. The van der Waals surface area contributed by atoms with Gasteiger partial charge in [-0.2, -0.15) is 0 Å². The lowest BCUT2D eigenvalue weighted by atomic mass is 10.0. The van der Waals surface area contributed by atoms with Gasteiger partial charge in [0.2, 0.25) is 0 Å². The van der Waals surface area contributed by atoms with E-state index in [1.807, 2.05) is 6.92 Å². The number of nitrogens with two attached hydrogens (primary N) is 1. The van der Waals surface area contributed by atoms with Crippen molar-refractivity contribution in [3.63, 3.8) is 0 Å². The van der Waals surface area contributed by atoms with Crippen LogP contribution in [-0.4, -0.2) is 21.1 Å². The van der Waals surface area contributed by atoms with Gasteiger partial charge in [0.15, 0.2) is 5.82 Å². The number of nitrogen functional groups attached to an aromatic ring is 1. The molecule has 0 saturated heterocycles. The summed E-state index contributed by atoms with van der Waals surface area (Å²) in [6.07, 6.45) is 0.964. The van der Waals surface area contributed by atoms with Gasteiger partial charge in [0.05, 0.1) is 18.2 Å². The lowest BCUT2D eigenvalue weighted by molar-refractivity contribution is -0.0145. The Bertz CT molecular complexity index is 689. The van der Waals surface area contributed by atoms with Crippen LogP contribution in [0.1, 0.15) is 56.4 Å². The number of imidazole rings is 1. The predicted octanol–water partition coefficient (Wildman–Crippen LogP) is 3.31. The molecule has 0 amide bonds. The van der Waals surface area contributed by atoms with Crippen molar-refractivity contribution in [2.45, 2.75) is 53.2 Å². The first-order valence-corrected chi connectivity index (χ1v) is 7.71. The lowest BCUT2D eigenvalue weighted by Crippen LogP contribution is -2.30. The van der Waals surface area contributed by atoms with E-state index in [1.54, 1.807) is 0 Å². The normalized spacial score (nSPS) is 22.0. The van der Waals surface area contributed by atoms with Crippen LogP contribution >= 0.6 is 0 Å². The van der Waals surface area contributed by atoms with E-state index in [0.717, 1.165) is 35.6 Å². The largest absolute Gasteiger partial charge is 0.382 e. The summed E-state index contributed by atoms with van der Waals surface area (Å²) in [5.41, 5.74) is 10.2. The van der Waals surface area contributed by atoms with E-state index >= 15 is 0 Å². The maximum atomic E-state index is 6.12. The van der Waals surface area contributed by atoms with Crippen LogP contribution in [0.3, 0.4) is 0 Å². The van der Waals surface area contributed by atoms with Crippen molar-refractivity contribution in [3.05, 3.63) is 17.1 Å². The van der Waals surface area contributed by atoms with Crippen LogP contribution in [-0.2, 0) is 4.74 Å². The third kappa shape index (κ3) is 2.02. The molecule has 5 nitrogen and oxygen atoms in total. The highest BCUT2D eigenvalue weighted by molar-refractivity contribution is 5.88. The van der Waals surface area contributed by atoms with Crippen LogP contribution in [0.4, 0.5) is 5.82 Å². The van der Waals surface area contributed by atoms with Crippen LogP contribution in [0.25, 0.3) is 11.0 Å². The second-order valence-corrected chi connectivity index (χ2v) is 6.29. The summed E-state index contributed by atoms with van der Waals surface area (Å²) in [4.78, 5) is 9.22. The van der Waals surface area contributed by atoms with E-state index in [-0.39, 0.29) is 6.10 Å². The molecule has 2 N–H and O–H groups in total. The summed E-state index contributed by atoms with van der Waals surface area (Å²) < 4.78 is 8.38. The summed E-state index contributed by atoms with van der Waals surface area (Å²) in [5.74, 6) is 2.00. The minimum atomic E-state index is 0.0477. The average molecular weight is 288 g/mol. The second-order valence-electron chi connectivity index (χ2n) is 6.29. The quantitative estimate of drug-likeness (QED) is 0.920. The monoisotopic (exact) mass is 288 g/mol. The van der Waals surface area contributed by atoms with Gasteiger partial charge >= 0.3 is 0 Å². The van der Waals surface area contributed by atoms with Crippen LogP contribution in [0, 0.1) is 19.8 Å². The van der Waals surface area contributed by atoms with Gasteiger partial charge in [-0.3, -0.25) is 0 Å². The first kappa shape index (κ1) is 14.3. The number of rotatable bonds is 2. The van der Waals surface area contributed by atoms with Crippen molar-refractivity contribution >= 4 is 16.9 Å². The summed E-state index contributed by atoms with van der Waals surface area (Å²) in [7, 11) is 0. The number of aryl methyl sites for hydroxylation is 2. The molecule has 5 heteroatoms. The Morgan fingerprint density at radius 2 is 2.05 bits per heavy atom. The van der Waals surface area contributed by atoms with Crippen molar-refractivity contribution in [3.8, 4) is 0 Å². The van der Waals surface area contributed by atoms with Gasteiger partial charge in [-0.1, -0.05) is 20.8 Å². The van der Waals surface area contributed by atoms with Gasteiger partial charge in [-0.25, -0.2) is 9.97 Å². The Hall–Kier alpha value is -1.62. The first-order valence-electron chi connectivity index (χ1n) is 7.71. The van der Waals surface area contributed by atoms with Crippen molar-refractivity contribution in [2.24, 2.45) is 5.92 Å². The third-order valence-corrected chi connectivity index (χ3v) is 4.60. The third-order valence-electron chi connectivity index (χ3n) is 4.60. The highest BCUT2D eigenvalue weighted by atomic mass is 16.5. The highest BCUT2D eigenvalue weighted by Gasteiger charge is 2.33. The molecule has 1 unspecified atom stereocenters. The summed E-state index contributed by atoms with van der Waals surface area (Å²) >= 11 is 0. The van der Waals surface area contributed by atoms with Crippen molar-refractivity contribution in [1.29, 1.82) is 0 Å². The number of hydrogen-bond donors (Lipinski definition) is 1. The first-order chi connectivity index (χ1) is 9.95. The maximum absolute atomic E-state index is 6.12. The molecule has 21 heavy (non-hydrogen) atoms. The van der Waals surface area contributed by atoms with Crippen molar-refractivity contribution < 1.29 is 4.74 Å². The number of pyridine rings is 1. The van der Waals surface area contributed by atoms with E-state index < -0.39 is 0 Å². The molecule has 1 aliphatic heterocycles. The van der Waals surface area contributed by atoms with Crippen molar-refractivity contribution in [2.75, 3.05) is 12.3 Å². The van der Waals surface area contributed by atoms with Gasteiger partial charge in [-0.15, -0.1) is 0 Å². The molecule has 0 saturated carbocycles. The second kappa shape index (κ2) is 4.98. The Kier molecular flexibility index (Phi) is 3.40. The fourth-order valence-electron chi connectivity index (χ4n) is 3.19. The maximum Gasteiger partial charge on any atom is 0.151 e. The highest BCUT2D eigenvalue weighted by Crippen LogP contribution is 2.39. The molecule has 0 radical (unpaired) electrons. The molecule has 0 aromatic carbocycles. The van der Waals surface area contributed by atoms with Gasteiger partial charge < -0.3 is 15.0 Å². The molecule has 0 fully saturated rings. The molecule has 2 atom stereocenters. The molecule has 0 bridgehead atoms. The standard InChI is InChI=1S/C16H24N4O/c1-6-12-16-19-13-14(9(4)10(5)18-15(13)17)20(16)11(7-21-12)8(2)3/h8,11-12H,6-7H2,1-5H3,(H2,17,18)/t11-,12?/m1/s1. The van der Waals surface area contributed by atoms with Gasteiger partial charge in [0.25, 0.3) is 0 Å². The number of aromatic nitrogens is 3. The van der Waals surface area contributed by atoms with Gasteiger partial charge in [-0.05, 0) is 31.7 Å². The summed E-state index contributed by atoms with van der Waals surface area (Å²) in [6.45, 7) is 11.4. The number of nitrogens with zero attached hydrogens (tertiary/aromatic N) is 3. The molecular formula is C16H24N4O. The van der Waals surface area contributed by atoms with E-state index in [2.05, 4.69) is 37.2 Å². The van der Waals surface area contributed by atoms with Crippen LogP contribution in [0.2, 0.25) is 0 Å². The van der Waals surface area contributed by atoms with E-state index in [9.17, 15) is 0 Å². The average Bonchev–Trinajstić information content (AvgIpc) is 2.84. The zero-order valence-corrected chi connectivity index (χ0v) is 13.5. The SMILES string of the molecule is CCC1OC[C@H](C(C)C)n2c1nc1c(N)nc(C)c(C)c12. The van der Waals surface area contributed by atoms with E-state index in [1.165, 1.54) is 5.56 Å². The number of fused-ring (bicyclic) bond motifs is 3. The molecular weight excluding hydrogens is 264 g/mol. The van der Waals surface area contributed by atoms with Crippen molar-refractivity contribution in [1.82, 2.24) is 14.5 Å². The Balaban J connectivity index is 2.37. The van der Waals surface area contributed by atoms with E-state index in [4.69, 9.17) is 15.5 Å². The Morgan fingerprint density at radius 3 is 2.67 bits per heavy atom. The number of ether oxygens (including phenoxy) is 1. The molecule has 1 aliphatic rings. The molecule has 2 aromatic rings. The topological polar surface area (TPSA) is 66.0 Å². The molecule has 2 aromatic heterocycles. The van der Waals surface area contributed by atoms with Crippen LogP contribution < -0.4 is 5.73 Å². The molecule has 0 spiro atoms. The fourth-order valence-corrected chi connectivity index (χ4v) is 3.19. The zero-order chi connectivity index (χ0) is 15.3. The zero-order valence-electron chi connectivity index (χ0n) is 13.5. The predicted molar refractivity (Wildman–Crippen MR) is 84.3 cm³/mol. The Labute approximate surface area is 125 Å². The minimum Gasteiger partial charge on any atom is -0.382 e. The summed E-state index contributed by atoms with van der Waals surface area (Å²) in [6, 6.07) is 0.299. The van der Waals surface area contributed by atoms with Crippen LogP contribution in [0.15, 0.2) is 0 Å². The molecule has 114 valence electrons.